The van der Waals surface area contributed by atoms with Gasteiger partial charge in [0.25, 0.3) is 5.91 Å². The van der Waals surface area contributed by atoms with Crippen molar-refractivity contribution < 1.29 is 19.0 Å². The van der Waals surface area contributed by atoms with Gasteiger partial charge in [0.1, 0.15) is 17.2 Å². The molecule has 0 radical (unpaired) electrons. The Labute approximate surface area is 149 Å². The highest BCUT2D eigenvalue weighted by atomic mass is 16.5. The van der Waals surface area contributed by atoms with Crippen LogP contribution >= 0.6 is 0 Å². The van der Waals surface area contributed by atoms with Crippen LogP contribution in [-0.4, -0.2) is 38.2 Å². The average molecular weight is 343 g/mol. The van der Waals surface area contributed by atoms with Crippen molar-refractivity contribution in [1.82, 2.24) is 4.90 Å². The van der Waals surface area contributed by atoms with Gasteiger partial charge >= 0.3 is 0 Å². The molecule has 2 aromatic carbocycles. The van der Waals surface area contributed by atoms with Gasteiger partial charge < -0.3 is 19.1 Å². The molecule has 2 aromatic rings. The number of carbonyl (C=O) groups excluding carboxylic acids is 1. The van der Waals surface area contributed by atoms with Crippen LogP contribution < -0.4 is 14.2 Å². The summed E-state index contributed by atoms with van der Waals surface area (Å²) in [6.07, 6.45) is 0. The first kappa shape index (κ1) is 18.6. The molecule has 1 unspecified atom stereocenters. The van der Waals surface area contributed by atoms with Crippen molar-refractivity contribution in [2.75, 3.05) is 27.4 Å². The maximum atomic E-state index is 12.4. The molecule has 0 saturated carbocycles. The highest BCUT2D eigenvalue weighted by Gasteiger charge is 2.18. The van der Waals surface area contributed by atoms with E-state index in [0.29, 0.717) is 12.4 Å². The molecular weight excluding hydrogens is 318 g/mol. The topological polar surface area (TPSA) is 48.0 Å². The predicted molar refractivity (Wildman–Crippen MR) is 97.3 cm³/mol. The fourth-order valence-electron chi connectivity index (χ4n) is 2.37. The second-order valence-corrected chi connectivity index (χ2v) is 5.65. The molecule has 5 heteroatoms. The molecular formula is C20H25NO4. The van der Waals surface area contributed by atoms with Crippen LogP contribution in [0.2, 0.25) is 0 Å². The molecule has 0 spiro atoms. The fraction of sp³-hybridized carbons (Fsp3) is 0.350. The molecule has 0 bridgehead atoms. The smallest absolute Gasteiger partial charge is 0.260 e. The third kappa shape index (κ3) is 5.14. The largest absolute Gasteiger partial charge is 0.497 e. The van der Waals surface area contributed by atoms with E-state index in [1.165, 1.54) is 0 Å². The minimum atomic E-state index is -0.0859. The van der Waals surface area contributed by atoms with E-state index in [4.69, 9.17) is 14.2 Å². The Balaban J connectivity index is 1.90. The summed E-state index contributed by atoms with van der Waals surface area (Å²) in [6, 6.07) is 14.9. The third-order valence-corrected chi connectivity index (χ3v) is 4.07. The van der Waals surface area contributed by atoms with Crippen LogP contribution in [0.1, 0.15) is 25.5 Å². The average Bonchev–Trinajstić information content (AvgIpc) is 2.66. The molecule has 0 aliphatic rings. The molecule has 0 heterocycles. The normalized spacial score (nSPS) is 11.5. The SMILES string of the molecule is CCOc1ccc(OCC(=O)N(C)C(C)c2ccc(OC)cc2)cc1. The monoisotopic (exact) mass is 343 g/mol. The lowest BCUT2D eigenvalue weighted by molar-refractivity contribution is -0.134. The molecule has 25 heavy (non-hydrogen) atoms. The van der Waals surface area contributed by atoms with E-state index in [1.807, 2.05) is 50.2 Å². The number of carbonyl (C=O) groups is 1. The number of methoxy groups -OCH3 is 1. The lowest BCUT2D eigenvalue weighted by atomic mass is 10.1. The van der Waals surface area contributed by atoms with E-state index < -0.39 is 0 Å². The lowest BCUT2D eigenvalue weighted by Gasteiger charge is -2.25. The molecule has 5 nitrogen and oxygen atoms in total. The maximum absolute atomic E-state index is 12.4. The van der Waals surface area contributed by atoms with Gasteiger partial charge in [-0.25, -0.2) is 0 Å². The molecule has 2 rings (SSSR count). The minimum Gasteiger partial charge on any atom is -0.497 e. The van der Waals surface area contributed by atoms with Crippen LogP contribution in [0.5, 0.6) is 17.2 Å². The van der Waals surface area contributed by atoms with Gasteiger partial charge in [-0.2, -0.15) is 0 Å². The van der Waals surface area contributed by atoms with Crippen LogP contribution in [0.25, 0.3) is 0 Å². The van der Waals surface area contributed by atoms with Crippen LogP contribution in [0.4, 0.5) is 0 Å². The number of benzene rings is 2. The maximum Gasteiger partial charge on any atom is 0.260 e. The second-order valence-electron chi connectivity index (χ2n) is 5.65. The van der Waals surface area contributed by atoms with E-state index in [2.05, 4.69) is 0 Å². The van der Waals surface area contributed by atoms with Crippen molar-refractivity contribution >= 4 is 5.91 Å². The molecule has 0 aliphatic heterocycles. The summed E-state index contributed by atoms with van der Waals surface area (Å²) in [7, 11) is 3.41. The zero-order chi connectivity index (χ0) is 18.2. The summed E-state index contributed by atoms with van der Waals surface area (Å²) < 4.78 is 16.1. The Morgan fingerprint density at radius 2 is 1.48 bits per heavy atom. The van der Waals surface area contributed by atoms with Gasteiger partial charge in [0.05, 0.1) is 19.8 Å². The van der Waals surface area contributed by atoms with E-state index >= 15 is 0 Å². The number of ether oxygens (including phenoxy) is 3. The number of hydrogen-bond acceptors (Lipinski definition) is 4. The molecule has 0 saturated heterocycles. The molecule has 0 N–H and O–H groups in total. The van der Waals surface area contributed by atoms with Gasteiger partial charge in [0.15, 0.2) is 6.61 Å². The number of hydrogen-bond donors (Lipinski definition) is 0. The van der Waals surface area contributed by atoms with Crippen LogP contribution in [0.15, 0.2) is 48.5 Å². The zero-order valence-electron chi connectivity index (χ0n) is 15.2. The summed E-state index contributed by atoms with van der Waals surface area (Å²) in [5.74, 6) is 2.13. The summed E-state index contributed by atoms with van der Waals surface area (Å²) >= 11 is 0. The van der Waals surface area contributed by atoms with Gasteiger partial charge in [-0.05, 0) is 55.8 Å². The summed E-state index contributed by atoms with van der Waals surface area (Å²) in [4.78, 5) is 14.1. The summed E-state index contributed by atoms with van der Waals surface area (Å²) in [6.45, 7) is 4.52. The fourth-order valence-corrected chi connectivity index (χ4v) is 2.37. The molecule has 1 atom stereocenters. The first-order valence-corrected chi connectivity index (χ1v) is 8.30. The zero-order valence-corrected chi connectivity index (χ0v) is 15.2. The van der Waals surface area contributed by atoms with Gasteiger partial charge in [0, 0.05) is 7.05 Å². The summed E-state index contributed by atoms with van der Waals surface area (Å²) in [5.41, 5.74) is 1.04. The van der Waals surface area contributed by atoms with Gasteiger partial charge in [-0.1, -0.05) is 12.1 Å². The summed E-state index contributed by atoms with van der Waals surface area (Å²) in [5, 5.41) is 0. The van der Waals surface area contributed by atoms with Crippen molar-refractivity contribution in [3.05, 3.63) is 54.1 Å². The van der Waals surface area contributed by atoms with Crippen LogP contribution in [-0.2, 0) is 4.79 Å². The standard InChI is InChI=1S/C20H25NO4/c1-5-24-18-10-12-19(13-11-18)25-14-20(22)21(3)15(2)16-6-8-17(23-4)9-7-16/h6-13,15H,5,14H2,1-4H3. The number of rotatable bonds is 8. The highest BCUT2D eigenvalue weighted by molar-refractivity contribution is 5.78. The first-order valence-electron chi connectivity index (χ1n) is 8.30. The molecule has 0 fully saturated rings. The van der Waals surface area contributed by atoms with Crippen molar-refractivity contribution in [3.63, 3.8) is 0 Å². The van der Waals surface area contributed by atoms with Crippen LogP contribution in [0, 0.1) is 0 Å². The Morgan fingerprint density at radius 1 is 0.960 bits per heavy atom. The minimum absolute atomic E-state index is 0.00895. The van der Waals surface area contributed by atoms with E-state index in [1.54, 1.807) is 31.2 Å². The van der Waals surface area contributed by atoms with Crippen molar-refractivity contribution in [2.24, 2.45) is 0 Å². The third-order valence-electron chi connectivity index (χ3n) is 4.07. The van der Waals surface area contributed by atoms with Crippen molar-refractivity contribution in [1.29, 1.82) is 0 Å². The molecule has 0 aliphatic carbocycles. The van der Waals surface area contributed by atoms with Gasteiger partial charge in [-0.3, -0.25) is 4.79 Å². The van der Waals surface area contributed by atoms with E-state index in [9.17, 15) is 4.79 Å². The van der Waals surface area contributed by atoms with Crippen molar-refractivity contribution in [3.8, 4) is 17.2 Å². The Morgan fingerprint density at radius 3 is 2.00 bits per heavy atom. The Bertz CT molecular complexity index is 667. The molecule has 134 valence electrons. The van der Waals surface area contributed by atoms with E-state index in [0.717, 1.165) is 17.1 Å². The second kappa shape index (κ2) is 8.97. The number of likely N-dealkylation sites (N-methyl/N-ethyl adjacent to an activating group) is 1. The molecule has 1 amide bonds. The quantitative estimate of drug-likeness (QED) is 0.733. The Kier molecular flexibility index (Phi) is 6.69. The van der Waals surface area contributed by atoms with E-state index in [-0.39, 0.29) is 18.6 Å². The first-order chi connectivity index (χ1) is 12.0. The lowest BCUT2D eigenvalue weighted by Crippen LogP contribution is -2.33. The Hall–Kier alpha value is -2.69. The van der Waals surface area contributed by atoms with Crippen molar-refractivity contribution in [2.45, 2.75) is 19.9 Å². The predicted octanol–water partition coefficient (Wildman–Crippen LogP) is 3.69. The molecule has 0 aromatic heterocycles. The van der Waals surface area contributed by atoms with Crippen LogP contribution in [0.3, 0.4) is 0 Å². The number of nitrogens with zero attached hydrogens (tertiary/aromatic N) is 1. The number of amides is 1. The van der Waals surface area contributed by atoms with Gasteiger partial charge in [-0.15, -0.1) is 0 Å². The highest BCUT2D eigenvalue weighted by Crippen LogP contribution is 2.22. The van der Waals surface area contributed by atoms with Gasteiger partial charge in [0.2, 0.25) is 0 Å².